The van der Waals surface area contributed by atoms with Crippen LogP contribution in [-0.2, 0) is 14.3 Å². The van der Waals surface area contributed by atoms with Gasteiger partial charge in [-0.3, -0.25) is 4.79 Å². The molecule has 1 aromatic carbocycles. The number of benzene rings is 1. The molecule has 0 aliphatic carbocycles. The number of hydrogen-bond acceptors (Lipinski definition) is 8. The third-order valence-corrected chi connectivity index (χ3v) is 5.44. The Hall–Kier alpha value is -3.41. The zero-order valence-corrected chi connectivity index (χ0v) is 19.2. The summed E-state index contributed by atoms with van der Waals surface area (Å²) >= 11 is 0. The number of carbonyl (C=O) groups is 1. The summed E-state index contributed by atoms with van der Waals surface area (Å²) in [7, 11) is 3.96. The highest BCUT2D eigenvalue weighted by Crippen LogP contribution is 2.35. The van der Waals surface area contributed by atoms with Crippen molar-refractivity contribution >= 4 is 11.9 Å². The van der Waals surface area contributed by atoms with Crippen molar-refractivity contribution in [3.8, 4) is 22.6 Å². The number of ether oxygens (including phenoxy) is 2. The van der Waals surface area contributed by atoms with Gasteiger partial charge < -0.3 is 29.8 Å². The van der Waals surface area contributed by atoms with Crippen LogP contribution in [0.25, 0.3) is 22.6 Å². The molecule has 3 N–H and O–H groups in total. The Labute approximate surface area is 196 Å². The minimum absolute atomic E-state index is 0.0254. The number of nitrogens with one attached hydrogen (secondary N) is 2. The number of hydrogen-bond donors (Lipinski definition) is 3. The van der Waals surface area contributed by atoms with E-state index < -0.39 is 17.7 Å². The molecule has 0 radical (unpaired) electrons. The average molecular weight is 471 g/mol. The van der Waals surface area contributed by atoms with Crippen LogP contribution in [0.4, 0.5) is 10.3 Å². The van der Waals surface area contributed by atoms with Gasteiger partial charge in [0.1, 0.15) is 11.2 Å². The summed E-state index contributed by atoms with van der Waals surface area (Å²) in [4.78, 5) is 30.3. The molecule has 180 valence electrons. The first-order valence-electron chi connectivity index (χ1n) is 10.8. The molecule has 3 heterocycles. The Morgan fingerprint density at radius 1 is 1.24 bits per heavy atom. The topological polar surface area (TPSA) is 125 Å². The van der Waals surface area contributed by atoms with E-state index in [1.807, 2.05) is 19.0 Å². The number of aliphatic carboxylic acids is 1. The minimum atomic E-state index is -1.13. The maximum absolute atomic E-state index is 13.5. The molecule has 4 rings (SSSR count). The van der Waals surface area contributed by atoms with Crippen LogP contribution in [0.15, 0.2) is 36.5 Å². The maximum Gasteiger partial charge on any atom is 0.314 e. The first-order valence-corrected chi connectivity index (χ1v) is 10.8. The van der Waals surface area contributed by atoms with E-state index in [0.29, 0.717) is 41.0 Å². The molecule has 3 aromatic rings. The standard InChI is InChI=1S/C23H27FN6O4/c1-23(21(31)32)12-33-20(34-13-23)19-28-17(14-4-6-15(24)7-5-14)18(29-19)16-8-9-25-22(27-16)26-10-11-30(2)3/h4-9,20H,10-13H2,1-3H3,(H,28,29)(H,31,32)(H,25,26,27). The number of halogens is 1. The van der Waals surface area contributed by atoms with Gasteiger partial charge in [-0.05, 0) is 51.4 Å². The summed E-state index contributed by atoms with van der Waals surface area (Å²) < 4.78 is 24.9. The summed E-state index contributed by atoms with van der Waals surface area (Å²) in [6.45, 7) is 3.00. The molecule has 1 fully saturated rings. The van der Waals surface area contributed by atoms with E-state index in [4.69, 9.17) is 9.47 Å². The number of H-pyrrole nitrogens is 1. The maximum atomic E-state index is 13.5. The van der Waals surface area contributed by atoms with Crippen molar-refractivity contribution in [3.05, 3.63) is 48.2 Å². The zero-order chi connectivity index (χ0) is 24.3. The number of carboxylic acids is 1. The number of carboxylic acid groups (broad SMARTS) is 1. The molecule has 1 aliphatic heterocycles. The molecule has 1 aliphatic rings. The molecular formula is C23H27FN6O4. The number of aromatic amines is 1. The Balaban J connectivity index is 1.66. The van der Waals surface area contributed by atoms with E-state index in [1.54, 1.807) is 31.3 Å². The van der Waals surface area contributed by atoms with Gasteiger partial charge in [0.2, 0.25) is 12.2 Å². The molecule has 0 bridgehead atoms. The van der Waals surface area contributed by atoms with E-state index >= 15 is 0 Å². The lowest BCUT2D eigenvalue weighted by Gasteiger charge is -2.33. The second kappa shape index (κ2) is 9.84. The first kappa shape index (κ1) is 23.7. The van der Waals surface area contributed by atoms with Gasteiger partial charge >= 0.3 is 5.97 Å². The van der Waals surface area contributed by atoms with Gasteiger partial charge in [-0.2, -0.15) is 0 Å². The van der Waals surface area contributed by atoms with Crippen LogP contribution in [0.3, 0.4) is 0 Å². The molecule has 0 unspecified atom stereocenters. The van der Waals surface area contributed by atoms with E-state index in [-0.39, 0.29) is 19.0 Å². The molecule has 10 nitrogen and oxygen atoms in total. The smallest absolute Gasteiger partial charge is 0.314 e. The molecule has 0 spiro atoms. The monoisotopic (exact) mass is 470 g/mol. The second-order valence-corrected chi connectivity index (χ2v) is 8.67. The van der Waals surface area contributed by atoms with Gasteiger partial charge in [0.25, 0.3) is 0 Å². The lowest BCUT2D eigenvalue weighted by atomic mass is 9.92. The molecule has 0 amide bonds. The quantitative estimate of drug-likeness (QED) is 0.456. The van der Waals surface area contributed by atoms with E-state index in [2.05, 4.69) is 25.3 Å². The highest BCUT2D eigenvalue weighted by Gasteiger charge is 2.41. The fraction of sp³-hybridized carbons (Fsp3) is 0.391. The van der Waals surface area contributed by atoms with Gasteiger partial charge in [0.05, 0.1) is 30.3 Å². The summed E-state index contributed by atoms with van der Waals surface area (Å²) in [6, 6.07) is 7.70. The zero-order valence-electron chi connectivity index (χ0n) is 19.2. The van der Waals surface area contributed by atoms with Gasteiger partial charge in [0.15, 0.2) is 5.82 Å². The van der Waals surface area contributed by atoms with Crippen molar-refractivity contribution in [3.63, 3.8) is 0 Å². The number of rotatable bonds is 8. The largest absolute Gasteiger partial charge is 0.481 e. The number of imidazole rings is 1. The molecular weight excluding hydrogens is 443 g/mol. The third-order valence-electron chi connectivity index (χ3n) is 5.44. The Bertz CT molecular complexity index is 1140. The van der Waals surface area contributed by atoms with Crippen molar-refractivity contribution < 1.29 is 23.8 Å². The summed E-state index contributed by atoms with van der Waals surface area (Å²) in [5.41, 5.74) is 1.23. The molecule has 0 saturated carbocycles. The first-order chi connectivity index (χ1) is 16.2. The molecule has 11 heteroatoms. The lowest BCUT2D eigenvalue weighted by molar-refractivity contribution is -0.236. The van der Waals surface area contributed by atoms with Gasteiger partial charge in [-0.1, -0.05) is 0 Å². The highest BCUT2D eigenvalue weighted by molar-refractivity contribution is 5.77. The van der Waals surface area contributed by atoms with E-state index in [0.717, 1.165) is 6.54 Å². The predicted molar refractivity (Wildman–Crippen MR) is 122 cm³/mol. The van der Waals surface area contributed by atoms with Crippen LogP contribution in [0.2, 0.25) is 0 Å². The molecule has 0 atom stereocenters. The fourth-order valence-electron chi connectivity index (χ4n) is 3.37. The summed E-state index contributed by atoms with van der Waals surface area (Å²) in [6.07, 6.45) is 0.765. The summed E-state index contributed by atoms with van der Waals surface area (Å²) in [5.74, 6) is -0.527. The van der Waals surface area contributed by atoms with E-state index in [1.165, 1.54) is 12.1 Å². The normalized spacial score (nSPS) is 20.4. The van der Waals surface area contributed by atoms with Gasteiger partial charge in [-0.25, -0.2) is 19.3 Å². The van der Waals surface area contributed by atoms with Crippen LogP contribution >= 0.6 is 0 Å². The SMILES string of the molecule is CN(C)CCNc1nccc(-c2[nH]c(C3OCC(C)(C(=O)O)CO3)nc2-c2ccc(F)cc2)n1. The Morgan fingerprint density at radius 2 is 1.94 bits per heavy atom. The minimum Gasteiger partial charge on any atom is -0.481 e. The molecule has 1 saturated heterocycles. The van der Waals surface area contributed by atoms with Crippen molar-refractivity contribution in [1.82, 2.24) is 24.8 Å². The summed E-state index contributed by atoms with van der Waals surface area (Å²) in [5, 5.41) is 12.6. The highest BCUT2D eigenvalue weighted by atomic mass is 19.1. The Morgan fingerprint density at radius 3 is 2.59 bits per heavy atom. The van der Waals surface area contributed by atoms with Crippen LogP contribution < -0.4 is 5.32 Å². The average Bonchev–Trinajstić information content (AvgIpc) is 3.25. The fourth-order valence-corrected chi connectivity index (χ4v) is 3.37. The van der Waals surface area contributed by atoms with Crippen molar-refractivity contribution in [2.24, 2.45) is 5.41 Å². The van der Waals surface area contributed by atoms with Crippen LogP contribution in [0, 0.1) is 11.2 Å². The number of likely N-dealkylation sites (N-methyl/N-ethyl adjacent to an activating group) is 1. The second-order valence-electron chi connectivity index (χ2n) is 8.67. The number of nitrogens with zero attached hydrogens (tertiary/aromatic N) is 4. The molecule has 34 heavy (non-hydrogen) atoms. The lowest BCUT2D eigenvalue weighted by Crippen LogP contribution is -2.42. The van der Waals surface area contributed by atoms with Gasteiger partial charge in [-0.15, -0.1) is 0 Å². The van der Waals surface area contributed by atoms with E-state index in [9.17, 15) is 14.3 Å². The van der Waals surface area contributed by atoms with Crippen LogP contribution in [0.1, 0.15) is 19.0 Å². The van der Waals surface area contributed by atoms with Gasteiger partial charge in [0, 0.05) is 24.8 Å². The van der Waals surface area contributed by atoms with Crippen molar-refractivity contribution in [2.45, 2.75) is 13.2 Å². The van der Waals surface area contributed by atoms with Crippen molar-refractivity contribution in [2.75, 3.05) is 45.7 Å². The number of aromatic nitrogens is 4. The van der Waals surface area contributed by atoms with Crippen molar-refractivity contribution in [1.29, 1.82) is 0 Å². The number of anilines is 1. The molecule has 2 aromatic heterocycles. The third kappa shape index (κ3) is 5.22. The predicted octanol–water partition coefficient (Wildman–Crippen LogP) is 2.78. The van der Waals surface area contributed by atoms with Crippen LogP contribution in [0.5, 0.6) is 0 Å². The van der Waals surface area contributed by atoms with Crippen LogP contribution in [-0.4, -0.2) is 76.3 Å². The Kier molecular flexibility index (Phi) is 6.87.